The van der Waals surface area contributed by atoms with E-state index in [1.165, 1.54) is 9.45 Å². The molecule has 0 aliphatic heterocycles. The third kappa shape index (κ3) is 2.27. The number of allylic oxidation sites excluding steroid dienone is 8. The van der Waals surface area contributed by atoms with Gasteiger partial charge in [-0.15, -0.1) is 0 Å². The SMILES string of the molecule is C[CH2][Ti](=[SiH2])([CH2]C)([C]1=C(C)C=C(C)C1C)[C]1=C(C)C=C(C)C1C. The molecule has 0 heterocycles. The van der Waals surface area contributed by atoms with Gasteiger partial charge in [0, 0.05) is 0 Å². The predicted molar refractivity (Wildman–Crippen MR) is 101 cm³/mol. The van der Waals surface area contributed by atoms with Crippen LogP contribution in [0.15, 0.2) is 42.2 Å². The van der Waals surface area contributed by atoms with Crippen LogP contribution in [0.25, 0.3) is 0 Å². The molecule has 0 radical (unpaired) electrons. The van der Waals surface area contributed by atoms with Gasteiger partial charge in [0.05, 0.1) is 0 Å². The van der Waals surface area contributed by atoms with E-state index in [-0.39, 0.29) is 0 Å². The summed E-state index contributed by atoms with van der Waals surface area (Å²) in [4.78, 5) is 0. The number of hydrogen-bond donors (Lipinski definition) is 0. The fourth-order valence-corrected chi connectivity index (χ4v) is 21.7. The molecule has 0 amide bonds. The summed E-state index contributed by atoms with van der Waals surface area (Å²) in [6.45, 7) is 19.3. The Hall–Kier alpha value is -0.109. The standard InChI is InChI=1S/2C8H11.2C2H5.H2Si.Ti/c2*1-6-4-7(2)8(3)5-6;2*1-2;;/h2*4,8H,1-3H3;2*1H2,2H3;1H2;. The van der Waals surface area contributed by atoms with Gasteiger partial charge in [-0.25, -0.2) is 0 Å². The molecular weight excluding hydrogens is 316 g/mol. The van der Waals surface area contributed by atoms with Gasteiger partial charge >= 0.3 is 141 Å². The van der Waals surface area contributed by atoms with Crippen molar-refractivity contribution in [3.8, 4) is 0 Å². The van der Waals surface area contributed by atoms with E-state index in [1.807, 2.05) is 7.76 Å². The van der Waals surface area contributed by atoms with E-state index < -0.39 is 14.0 Å². The third-order valence-corrected chi connectivity index (χ3v) is 26.7. The first kappa shape index (κ1) is 18.2. The van der Waals surface area contributed by atoms with Crippen LogP contribution in [0.5, 0.6) is 0 Å². The molecule has 2 rings (SSSR count). The summed E-state index contributed by atoms with van der Waals surface area (Å²) in [6.07, 6.45) is 4.94. The van der Waals surface area contributed by atoms with Crippen LogP contribution in [0.2, 0.25) is 9.45 Å². The Bertz CT molecular complexity index is 637. The molecule has 0 fully saturated rings. The average molecular weight is 350 g/mol. The monoisotopic (exact) mass is 350 g/mol. The van der Waals surface area contributed by atoms with Crippen LogP contribution < -0.4 is 0 Å². The molecule has 0 nitrogen and oxygen atoms in total. The van der Waals surface area contributed by atoms with E-state index >= 15 is 0 Å². The van der Waals surface area contributed by atoms with Crippen molar-refractivity contribution < 1.29 is 14.0 Å². The molecule has 2 unspecified atom stereocenters. The van der Waals surface area contributed by atoms with Crippen molar-refractivity contribution in [2.45, 2.75) is 64.8 Å². The second-order valence-electron chi connectivity index (χ2n) is 8.06. The van der Waals surface area contributed by atoms with Crippen molar-refractivity contribution in [3.05, 3.63) is 42.2 Å². The van der Waals surface area contributed by atoms with Crippen LogP contribution in [0, 0.1) is 11.8 Å². The first-order valence-corrected chi connectivity index (χ1v) is 16.7. The first-order chi connectivity index (χ1) is 10.1. The van der Waals surface area contributed by atoms with Crippen LogP contribution in [-0.2, 0) is 14.0 Å². The zero-order valence-electron chi connectivity index (χ0n) is 15.9. The Labute approximate surface area is 140 Å². The van der Waals surface area contributed by atoms with Crippen LogP contribution in [0.1, 0.15) is 55.4 Å². The molecule has 0 saturated carbocycles. The van der Waals surface area contributed by atoms with Crippen LogP contribution in [-0.4, -0.2) is 7.63 Å². The van der Waals surface area contributed by atoms with Gasteiger partial charge in [0.25, 0.3) is 0 Å². The van der Waals surface area contributed by atoms with Crippen molar-refractivity contribution in [2.24, 2.45) is 11.8 Å². The third-order valence-electron chi connectivity index (χ3n) is 7.09. The average Bonchev–Trinajstić information content (AvgIpc) is 2.87. The molecule has 0 saturated heterocycles. The molecule has 2 aliphatic rings. The van der Waals surface area contributed by atoms with Gasteiger partial charge in [0.1, 0.15) is 0 Å². The minimum absolute atomic E-state index is 0.655. The minimum atomic E-state index is -2.89. The quantitative estimate of drug-likeness (QED) is 0.559. The summed E-state index contributed by atoms with van der Waals surface area (Å²) in [5.41, 5.74) is 6.34. The fourth-order valence-electron chi connectivity index (χ4n) is 5.55. The zero-order chi connectivity index (χ0) is 16.9. The summed E-state index contributed by atoms with van der Waals surface area (Å²) in [6, 6.07) is 0. The van der Waals surface area contributed by atoms with Crippen molar-refractivity contribution in [2.75, 3.05) is 0 Å². The molecular formula is C20H34SiTi. The molecule has 0 bridgehead atoms. The van der Waals surface area contributed by atoms with Gasteiger partial charge < -0.3 is 0 Å². The second kappa shape index (κ2) is 5.76. The van der Waals surface area contributed by atoms with E-state index in [0.717, 1.165) is 0 Å². The van der Waals surface area contributed by atoms with Gasteiger partial charge in [0.15, 0.2) is 0 Å². The van der Waals surface area contributed by atoms with E-state index in [1.54, 1.807) is 22.3 Å². The first-order valence-electron chi connectivity index (χ1n) is 8.94. The zero-order valence-corrected chi connectivity index (χ0v) is 18.9. The Morgan fingerprint density at radius 2 is 1.14 bits per heavy atom. The molecule has 2 aliphatic carbocycles. The molecule has 0 spiro atoms. The number of hydrogen-bond acceptors (Lipinski definition) is 0. The van der Waals surface area contributed by atoms with Crippen molar-refractivity contribution in [1.82, 2.24) is 0 Å². The van der Waals surface area contributed by atoms with Crippen molar-refractivity contribution in [1.29, 1.82) is 0 Å². The Balaban J connectivity index is 2.78. The molecule has 22 heavy (non-hydrogen) atoms. The van der Waals surface area contributed by atoms with Gasteiger partial charge in [-0.3, -0.25) is 0 Å². The maximum absolute atomic E-state index is 2.89. The Morgan fingerprint density at radius 1 is 0.818 bits per heavy atom. The normalized spacial score (nSPS) is 26.8. The Morgan fingerprint density at radius 3 is 1.32 bits per heavy atom. The molecule has 122 valence electrons. The van der Waals surface area contributed by atoms with E-state index in [0.29, 0.717) is 11.8 Å². The van der Waals surface area contributed by atoms with E-state index in [2.05, 4.69) is 75.2 Å². The maximum atomic E-state index is 2.48. The van der Waals surface area contributed by atoms with Gasteiger partial charge in [-0.1, -0.05) is 0 Å². The second-order valence-corrected chi connectivity index (χ2v) is 25.0. The summed E-state index contributed by atoms with van der Waals surface area (Å²) >= 11 is -2.89. The van der Waals surface area contributed by atoms with Gasteiger partial charge in [0.2, 0.25) is 0 Å². The van der Waals surface area contributed by atoms with E-state index in [4.69, 9.17) is 0 Å². The van der Waals surface area contributed by atoms with Crippen LogP contribution in [0.4, 0.5) is 0 Å². The fraction of sp³-hybridized carbons (Fsp3) is 0.600. The molecule has 0 aromatic heterocycles. The molecule has 2 atom stereocenters. The molecule has 0 N–H and O–H groups in total. The predicted octanol–water partition coefficient (Wildman–Crippen LogP) is 5.84. The van der Waals surface area contributed by atoms with Gasteiger partial charge in [-0.05, 0) is 0 Å². The summed E-state index contributed by atoms with van der Waals surface area (Å²) < 4.78 is 6.51. The molecule has 2 heteroatoms. The van der Waals surface area contributed by atoms with Crippen molar-refractivity contribution in [3.63, 3.8) is 0 Å². The Kier molecular flexibility index (Phi) is 4.77. The topological polar surface area (TPSA) is 0 Å². The number of rotatable bonds is 4. The molecule has 0 aromatic carbocycles. The summed E-state index contributed by atoms with van der Waals surface area (Å²) in [7, 11) is 2.47. The van der Waals surface area contributed by atoms with Crippen molar-refractivity contribution >= 4 is 7.63 Å². The molecule has 0 aromatic rings. The van der Waals surface area contributed by atoms with Gasteiger partial charge in [-0.2, -0.15) is 0 Å². The summed E-state index contributed by atoms with van der Waals surface area (Å²) in [5, 5.41) is 0. The van der Waals surface area contributed by atoms with E-state index in [9.17, 15) is 0 Å². The van der Waals surface area contributed by atoms with Crippen LogP contribution >= 0.6 is 0 Å². The van der Waals surface area contributed by atoms with Crippen LogP contribution in [0.3, 0.4) is 0 Å². The summed E-state index contributed by atoms with van der Waals surface area (Å²) in [5.74, 6) is 1.31.